The second-order valence-electron chi connectivity index (χ2n) is 13.8. The van der Waals surface area contributed by atoms with Crippen LogP contribution in [0.2, 0.25) is 0 Å². The van der Waals surface area contributed by atoms with E-state index in [-0.39, 0.29) is 29.4 Å². The Balaban J connectivity index is 1.28. The average molecular weight is 655 g/mol. The second kappa shape index (κ2) is 12.0. The number of hydrogen-bond donors (Lipinski definition) is 1. The Morgan fingerprint density at radius 3 is 2.44 bits per heavy atom. The minimum atomic E-state index is -4.63. The molecule has 7 rings (SSSR count). The molecule has 1 saturated carbocycles. The maximum Gasteiger partial charge on any atom is 0.416 e. The van der Waals surface area contributed by atoms with Crippen LogP contribution in [0.4, 0.5) is 24.8 Å². The van der Waals surface area contributed by atoms with Crippen molar-refractivity contribution >= 4 is 17.5 Å². The van der Waals surface area contributed by atoms with E-state index >= 15 is 0 Å². The fraction of sp³-hybridized carbons (Fsp3) is 0.417. The Labute approximate surface area is 277 Å². The van der Waals surface area contributed by atoms with E-state index < -0.39 is 17.6 Å². The van der Waals surface area contributed by atoms with Gasteiger partial charge in [0.2, 0.25) is 0 Å². The summed E-state index contributed by atoms with van der Waals surface area (Å²) in [5.74, 6) is 0.993. The number of carbonyl (C=O) groups excluding carboxylic acids is 1. The van der Waals surface area contributed by atoms with Crippen LogP contribution in [-0.4, -0.2) is 50.2 Å². The number of hydrogen-bond acceptors (Lipinski definition) is 7. The number of fused-ring (bicyclic) bond motifs is 1. The number of nitrogens with zero attached hydrogens (tertiary/aromatic N) is 7. The summed E-state index contributed by atoms with van der Waals surface area (Å²) in [4.78, 5) is 22.3. The predicted molar refractivity (Wildman–Crippen MR) is 176 cm³/mol. The fourth-order valence-corrected chi connectivity index (χ4v) is 6.90. The number of benzene rings is 2. The Hall–Kier alpha value is -4.76. The van der Waals surface area contributed by atoms with E-state index in [0.717, 1.165) is 25.9 Å². The molecular formula is C36H37F3N8O. The van der Waals surface area contributed by atoms with Gasteiger partial charge in [0.1, 0.15) is 18.0 Å². The Morgan fingerprint density at radius 1 is 1.02 bits per heavy atom. The third kappa shape index (κ3) is 6.15. The molecule has 1 spiro atoms. The van der Waals surface area contributed by atoms with Crippen LogP contribution in [0.25, 0.3) is 22.5 Å². The summed E-state index contributed by atoms with van der Waals surface area (Å²) in [6, 6.07) is 13.8. The van der Waals surface area contributed by atoms with Crippen molar-refractivity contribution in [1.29, 1.82) is 5.26 Å². The molecule has 2 aromatic carbocycles. The fourth-order valence-electron chi connectivity index (χ4n) is 6.90. The summed E-state index contributed by atoms with van der Waals surface area (Å²) in [7, 11) is 1.81. The molecule has 1 saturated heterocycles. The van der Waals surface area contributed by atoms with Crippen LogP contribution in [0, 0.1) is 22.7 Å². The molecule has 1 amide bonds. The van der Waals surface area contributed by atoms with Crippen molar-refractivity contribution in [3.63, 3.8) is 0 Å². The monoisotopic (exact) mass is 654 g/mol. The third-order valence-electron chi connectivity index (χ3n) is 9.88. The molecule has 3 aliphatic rings. The maximum atomic E-state index is 14.6. The molecule has 4 aromatic rings. The number of halogens is 3. The molecule has 1 N–H and O–H groups in total. The van der Waals surface area contributed by atoms with Gasteiger partial charge in [-0.1, -0.05) is 13.8 Å². The highest BCUT2D eigenvalue weighted by Gasteiger charge is 2.45. The zero-order valence-electron chi connectivity index (χ0n) is 27.2. The normalized spacial score (nSPS) is 17.2. The first-order chi connectivity index (χ1) is 22.9. The Morgan fingerprint density at radius 2 is 1.79 bits per heavy atom. The third-order valence-corrected chi connectivity index (χ3v) is 9.88. The molecule has 4 heterocycles. The zero-order chi connectivity index (χ0) is 33.8. The van der Waals surface area contributed by atoms with E-state index in [9.17, 15) is 23.2 Å². The second-order valence-corrected chi connectivity index (χ2v) is 13.8. The van der Waals surface area contributed by atoms with Crippen LogP contribution in [0.5, 0.6) is 0 Å². The average Bonchev–Trinajstić information content (AvgIpc) is 3.55. The number of aromatic nitrogens is 4. The molecule has 0 radical (unpaired) electrons. The lowest BCUT2D eigenvalue weighted by molar-refractivity contribution is -0.138. The number of rotatable bonds is 8. The van der Waals surface area contributed by atoms with Gasteiger partial charge < -0.3 is 9.88 Å². The van der Waals surface area contributed by atoms with Gasteiger partial charge in [0.25, 0.3) is 5.91 Å². The zero-order valence-corrected chi connectivity index (χ0v) is 27.2. The quantitative estimate of drug-likeness (QED) is 0.218. The largest absolute Gasteiger partial charge is 0.416 e. The van der Waals surface area contributed by atoms with Crippen molar-refractivity contribution < 1.29 is 18.0 Å². The van der Waals surface area contributed by atoms with Gasteiger partial charge in [-0.15, -0.1) is 10.2 Å². The number of anilines is 2. The lowest BCUT2D eigenvalue weighted by Crippen LogP contribution is -2.34. The van der Waals surface area contributed by atoms with E-state index in [0.29, 0.717) is 58.0 Å². The number of carbonyl (C=O) groups is 1. The predicted octanol–water partition coefficient (Wildman–Crippen LogP) is 7.04. The van der Waals surface area contributed by atoms with Crippen LogP contribution in [0.1, 0.15) is 72.1 Å². The van der Waals surface area contributed by atoms with Crippen molar-refractivity contribution in [2.24, 2.45) is 18.4 Å². The summed E-state index contributed by atoms with van der Waals surface area (Å²) in [5.41, 5.74) is 2.58. The number of nitrogens with one attached hydrogen (secondary N) is 1. The summed E-state index contributed by atoms with van der Waals surface area (Å²) in [6.07, 6.45) is 1.59. The van der Waals surface area contributed by atoms with Crippen molar-refractivity contribution in [2.45, 2.75) is 58.8 Å². The number of pyridine rings is 1. The number of piperidine rings is 1. The molecule has 9 nitrogen and oxygen atoms in total. The number of aryl methyl sites for hydroxylation is 1. The molecular weight excluding hydrogens is 617 g/mol. The maximum absolute atomic E-state index is 14.6. The van der Waals surface area contributed by atoms with Crippen molar-refractivity contribution in [3.05, 3.63) is 76.6 Å². The summed E-state index contributed by atoms with van der Waals surface area (Å²) < 4.78 is 45.5. The van der Waals surface area contributed by atoms with Gasteiger partial charge >= 0.3 is 6.18 Å². The van der Waals surface area contributed by atoms with Gasteiger partial charge in [0.15, 0.2) is 5.82 Å². The highest BCUT2D eigenvalue weighted by molar-refractivity contribution is 6.10. The number of alkyl halides is 3. The van der Waals surface area contributed by atoms with E-state index in [1.807, 2.05) is 27.0 Å². The highest BCUT2D eigenvalue weighted by atomic mass is 19.4. The summed E-state index contributed by atoms with van der Waals surface area (Å²) >= 11 is 0. The molecule has 0 atom stereocenters. The Bertz CT molecular complexity index is 1930. The van der Waals surface area contributed by atoms with E-state index in [1.54, 1.807) is 41.2 Å². The van der Waals surface area contributed by atoms with Crippen molar-refractivity contribution in [3.8, 4) is 28.6 Å². The summed E-state index contributed by atoms with van der Waals surface area (Å²) in [5, 5.41) is 21.3. The lowest BCUT2D eigenvalue weighted by Gasteiger charge is -2.32. The first-order valence-corrected chi connectivity index (χ1v) is 16.4. The van der Waals surface area contributed by atoms with Crippen LogP contribution < -0.4 is 10.2 Å². The molecule has 12 heteroatoms. The van der Waals surface area contributed by atoms with Crippen molar-refractivity contribution in [2.75, 3.05) is 29.9 Å². The standard InChI is InChI=1S/C36H37F3N8O/c1-22(2)18-41-31-15-25(27-12-23(17-40)4-5-26(27)33-44-42-21-45(33)3)16-32(43-31)47-20-29-28(34(47)48)13-24(14-30(29)36(37,38)39)19-46-10-8-35(6-7-35)9-11-46/h4-5,12-16,21-22H,6-11,18-20H2,1-3H3,(H,41,43). The van der Waals surface area contributed by atoms with Gasteiger partial charge in [0, 0.05) is 31.3 Å². The first kappa shape index (κ1) is 31.8. The minimum Gasteiger partial charge on any atom is -0.370 e. The number of amides is 1. The minimum absolute atomic E-state index is 0.0398. The van der Waals surface area contributed by atoms with E-state index in [1.165, 1.54) is 23.8 Å². The van der Waals surface area contributed by atoms with Crippen LogP contribution in [-0.2, 0) is 26.3 Å². The molecule has 0 bridgehead atoms. The molecule has 248 valence electrons. The molecule has 2 aliphatic heterocycles. The summed E-state index contributed by atoms with van der Waals surface area (Å²) in [6.45, 7) is 6.49. The van der Waals surface area contributed by atoms with Crippen LogP contribution in [0.3, 0.4) is 0 Å². The van der Waals surface area contributed by atoms with Gasteiger partial charge in [-0.2, -0.15) is 18.4 Å². The molecule has 2 aromatic heterocycles. The Kier molecular flexibility index (Phi) is 7.98. The lowest BCUT2D eigenvalue weighted by atomic mass is 9.93. The topological polar surface area (TPSA) is 103 Å². The molecule has 48 heavy (non-hydrogen) atoms. The smallest absolute Gasteiger partial charge is 0.370 e. The van der Waals surface area contributed by atoms with Crippen LogP contribution >= 0.6 is 0 Å². The molecule has 1 aliphatic carbocycles. The first-order valence-electron chi connectivity index (χ1n) is 16.4. The van der Waals surface area contributed by atoms with Gasteiger partial charge in [0.05, 0.1) is 23.7 Å². The molecule has 2 fully saturated rings. The van der Waals surface area contributed by atoms with Gasteiger partial charge in [-0.25, -0.2) is 4.98 Å². The number of likely N-dealkylation sites (tertiary alicyclic amines) is 1. The molecule has 0 unspecified atom stereocenters. The van der Waals surface area contributed by atoms with Crippen molar-refractivity contribution in [1.82, 2.24) is 24.6 Å². The van der Waals surface area contributed by atoms with Crippen LogP contribution in [0.15, 0.2) is 48.8 Å². The van der Waals surface area contributed by atoms with Gasteiger partial charge in [-0.3, -0.25) is 14.6 Å². The van der Waals surface area contributed by atoms with E-state index in [2.05, 4.69) is 26.5 Å². The van der Waals surface area contributed by atoms with Gasteiger partial charge in [-0.05, 0) is 115 Å². The highest BCUT2D eigenvalue weighted by Crippen LogP contribution is 2.53. The number of nitriles is 1. The van der Waals surface area contributed by atoms with E-state index in [4.69, 9.17) is 4.98 Å². The SMILES string of the molecule is CC(C)CNc1cc(-c2cc(C#N)ccc2-c2nncn2C)cc(N2Cc3c(cc(CN4CCC5(CC4)CC5)cc3C(F)(F)F)C2=O)n1.